The van der Waals surface area contributed by atoms with E-state index in [1.165, 1.54) is 7.11 Å². The average molecular weight is 344 g/mol. The van der Waals surface area contributed by atoms with Crippen LogP contribution in [0.5, 0.6) is 5.75 Å². The van der Waals surface area contributed by atoms with Gasteiger partial charge in [-0.1, -0.05) is 6.92 Å². The van der Waals surface area contributed by atoms with Crippen molar-refractivity contribution >= 4 is 27.8 Å². The number of ether oxygens (including phenoxy) is 2. The predicted molar refractivity (Wildman–Crippen MR) is 78.9 cm³/mol. The van der Waals surface area contributed by atoms with E-state index < -0.39 is 5.97 Å². The lowest BCUT2D eigenvalue weighted by atomic mass is 10.2. The van der Waals surface area contributed by atoms with Crippen molar-refractivity contribution in [3.8, 4) is 5.75 Å². The van der Waals surface area contributed by atoms with Crippen LogP contribution in [0.25, 0.3) is 0 Å². The molecule has 1 amide bonds. The van der Waals surface area contributed by atoms with Gasteiger partial charge in [-0.3, -0.25) is 4.79 Å². The molecule has 0 aromatic heterocycles. The summed E-state index contributed by atoms with van der Waals surface area (Å²) in [6.07, 6.45) is 0.864. The van der Waals surface area contributed by atoms with E-state index in [-0.39, 0.29) is 18.6 Å². The molecule has 0 bridgehead atoms. The molecule has 0 saturated heterocycles. The van der Waals surface area contributed by atoms with Gasteiger partial charge in [0, 0.05) is 6.04 Å². The van der Waals surface area contributed by atoms with Gasteiger partial charge in [-0.2, -0.15) is 0 Å². The number of nitrogens with one attached hydrogen (secondary N) is 1. The second-order valence-electron chi connectivity index (χ2n) is 4.30. The molecule has 1 N–H and O–H groups in total. The van der Waals surface area contributed by atoms with Crippen LogP contribution in [-0.2, 0) is 9.53 Å². The SMILES string of the molecule is CC[C@H](C)NC(=O)COc1ccc(C(=O)OC)cc1Br. The molecule has 0 radical (unpaired) electrons. The molecule has 1 aromatic carbocycles. The summed E-state index contributed by atoms with van der Waals surface area (Å²) in [7, 11) is 1.32. The Kier molecular flexibility index (Phi) is 6.51. The van der Waals surface area contributed by atoms with Crippen LogP contribution >= 0.6 is 15.9 Å². The highest BCUT2D eigenvalue weighted by molar-refractivity contribution is 9.10. The molecule has 0 fully saturated rings. The zero-order valence-electron chi connectivity index (χ0n) is 11.7. The minimum atomic E-state index is -0.424. The van der Waals surface area contributed by atoms with E-state index in [1.54, 1.807) is 18.2 Å². The standard InChI is InChI=1S/C14H18BrNO4/c1-4-9(2)16-13(17)8-20-12-6-5-10(7-11(12)15)14(18)19-3/h5-7,9H,4,8H2,1-3H3,(H,16,17)/t9-/m0/s1. The van der Waals surface area contributed by atoms with Gasteiger partial charge >= 0.3 is 5.97 Å². The Bertz CT molecular complexity index is 490. The minimum Gasteiger partial charge on any atom is -0.483 e. The van der Waals surface area contributed by atoms with Crippen molar-refractivity contribution in [1.29, 1.82) is 0 Å². The first-order valence-electron chi connectivity index (χ1n) is 6.28. The van der Waals surface area contributed by atoms with Crippen molar-refractivity contribution in [2.45, 2.75) is 26.3 Å². The average Bonchev–Trinajstić information content (AvgIpc) is 2.44. The second kappa shape index (κ2) is 7.89. The van der Waals surface area contributed by atoms with E-state index in [0.717, 1.165) is 6.42 Å². The van der Waals surface area contributed by atoms with Crippen molar-refractivity contribution in [2.24, 2.45) is 0 Å². The third-order valence-corrected chi connectivity index (χ3v) is 3.35. The van der Waals surface area contributed by atoms with Gasteiger partial charge in [-0.15, -0.1) is 0 Å². The molecule has 0 saturated carbocycles. The number of hydrogen-bond donors (Lipinski definition) is 1. The number of rotatable bonds is 6. The van der Waals surface area contributed by atoms with Crippen molar-refractivity contribution in [3.05, 3.63) is 28.2 Å². The fourth-order valence-corrected chi connectivity index (χ4v) is 1.92. The van der Waals surface area contributed by atoms with Crippen LogP contribution in [0.4, 0.5) is 0 Å². The van der Waals surface area contributed by atoms with Crippen molar-refractivity contribution in [2.75, 3.05) is 13.7 Å². The molecule has 0 spiro atoms. The van der Waals surface area contributed by atoms with E-state index in [1.807, 2.05) is 13.8 Å². The summed E-state index contributed by atoms with van der Waals surface area (Å²) in [4.78, 5) is 22.9. The Morgan fingerprint density at radius 3 is 2.65 bits per heavy atom. The Labute approximate surface area is 126 Å². The van der Waals surface area contributed by atoms with E-state index in [2.05, 4.69) is 26.0 Å². The van der Waals surface area contributed by atoms with E-state index in [4.69, 9.17) is 4.74 Å². The lowest BCUT2D eigenvalue weighted by molar-refractivity contribution is -0.123. The number of carbonyl (C=O) groups is 2. The number of halogens is 1. The topological polar surface area (TPSA) is 64.6 Å². The van der Waals surface area contributed by atoms with E-state index >= 15 is 0 Å². The lowest BCUT2D eigenvalue weighted by Crippen LogP contribution is -2.35. The molecule has 0 unspecified atom stereocenters. The van der Waals surface area contributed by atoms with Crippen LogP contribution in [0.3, 0.4) is 0 Å². The van der Waals surface area contributed by atoms with Crippen LogP contribution in [0.15, 0.2) is 22.7 Å². The predicted octanol–water partition coefficient (Wildman–Crippen LogP) is 2.53. The zero-order chi connectivity index (χ0) is 15.1. The maximum Gasteiger partial charge on any atom is 0.337 e. The van der Waals surface area contributed by atoms with Crippen LogP contribution in [-0.4, -0.2) is 31.6 Å². The van der Waals surface area contributed by atoms with Gasteiger partial charge < -0.3 is 14.8 Å². The van der Waals surface area contributed by atoms with E-state index in [9.17, 15) is 9.59 Å². The molecular weight excluding hydrogens is 326 g/mol. The molecule has 6 heteroatoms. The molecule has 0 aliphatic carbocycles. The smallest absolute Gasteiger partial charge is 0.337 e. The minimum absolute atomic E-state index is 0.0689. The molecule has 1 rings (SSSR count). The maximum absolute atomic E-state index is 11.6. The molecule has 0 heterocycles. The van der Waals surface area contributed by atoms with Crippen molar-refractivity contribution in [3.63, 3.8) is 0 Å². The number of esters is 1. The number of hydrogen-bond acceptors (Lipinski definition) is 4. The first-order valence-corrected chi connectivity index (χ1v) is 7.07. The molecule has 1 aromatic rings. The van der Waals surface area contributed by atoms with Gasteiger partial charge in [0.25, 0.3) is 5.91 Å². The Morgan fingerprint density at radius 1 is 1.40 bits per heavy atom. The maximum atomic E-state index is 11.6. The lowest BCUT2D eigenvalue weighted by Gasteiger charge is -2.13. The number of carbonyl (C=O) groups excluding carboxylic acids is 2. The van der Waals surface area contributed by atoms with Gasteiger partial charge in [0.15, 0.2) is 6.61 Å². The van der Waals surface area contributed by atoms with Crippen molar-refractivity contribution in [1.82, 2.24) is 5.32 Å². The van der Waals surface area contributed by atoms with E-state index in [0.29, 0.717) is 15.8 Å². The fourth-order valence-electron chi connectivity index (χ4n) is 1.42. The van der Waals surface area contributed by atoms with Crippen LogP contribution in [0, 0.1) is 0 Å². The highest BCUT2D eigenvalue weighted by atomic mass is 79.9. The summed E-state index contributed by atoms with van der Waals surface area (Å²) >= 11 is 3.29. The summed E-state index contributed by atoms with van der Waals surface area (Å²) in [6, 6.07) is 4.91. The fraction of sp³-hybridized carbons (Fsp3) is 0.429. The van der Waals surface area contributed by atoms with Gasteiger partial charge in [0.2, 0.25) is 0 Å². The molecule has 0 aliphatic heterocycles. The quantitative estimate of drug-likeness (QED) is 0.806. The van der Waals surface area contributed by atoms with Crippen molar-refractivity contribution < 1.29 is 19.1 Å². The van der Waals surface area contributed by atoms with Gasteiger partial charge in [0.1, 0.15) is 5.75 Å². The first kappa shape index (κ1) is 16.5. The molecular formula is C14H18BrNO4. The highest BCUT2D eigenvalue weighted by Crippen LogP contribution is 2.26. The Morgan fingerprint density at radius 2 is 2.10 bits per heavy atom. The molecule has 5 nitrogen and oxygen atoms in total. The normalized spacial score (nSPS) is 11.6. The number of amides is 1. The molecule has 0 aliphatic rings. The summed E-state index contributed by atoms with van der Waals surface area (Å²) in [6.45, 7) is 3.85. The summed E-state index contributed by atoms with van der Waals surface area (Å²) in [5.41, 5.74) is 0.413. The molecule has 20 heavy (non-hydrogen) atoms. The summed E-state index contributed by atoms with van der Waals surface area (Å²) in [5, 5.41) is 2.80. The second-order valence-corrected chi connectivity index (χ2v) is 5.16. The van der Waals surface area contributed by atoms with Crippen LogP contribution in [0.1, 0.15) is 30.6 Å². The number of methoxy groups -OCH3 is 1. The summed E-state index contributed by atoms with van der Waals surface area (Å²) < 4.78 is 10.6. The first-order chi connectivity index (χ1) is 9.47. The zero-order valence-corrected chi connectivity index (χ0v) is 13.3. The molecule has 1 atom stereocenters. The Hall–Kier alpha value is -1.56. The Balaban J connectivity index is 2.61. The third kappa shape index (κ3) is 4.85. The van der Waals surface area contributed by atoms with Gasteiger partial charge in [0.05, 0.1) is 17.1 Å². The summed E-state index contributed by atoms with van der Waals surface area (Å²) in [5.74, 6) is -0.105. The third-order valence-electron chi connectivity index (χ3n) is 2.73. The van der Waals surface area contributed by atoms with Crippen LogP contribution in [0.2, 0.25) is 0 Å². The highest BCUT2D eigenvalue weighted by Gasteiger charge is 2.11. The van der Waals surface area contributed by atoms with Gasteiger partial charge in [-0.25, -0.2) is 4.79 Å². The molecule has 110 valence electrons. The monoisotopic (exact) mass is 343 g/mol. The van der Waals surface area contributed by atoms with Crippen LogP contribution < -0.4 is 10.1 Å². The van der Waals surface area contributed by atoms with Gasteiger partial charge in [-0.05, 0) is 47.5 Å². The largest absolute Gasteiger partial charge is 0.483 e. The number of benzene rings is 1.